The Morgan fingerprint density at radius 2 is 1.75 bits per heavy atom. The van der Waals surface area contributed by atoms with Crippen LogP contribution in [0.15, 0.2) is 35.5 Å². The van der Waals surface area contributed by atoms with Crippen molar-refractivity contribution in [1.82, 2.24) is 20.0 Å². The highest BCUT2D eigenvalue weighted by molar-refractivity contribution is 7.99. The van der Waals surface area contributed by atoms with Crippen LogP contribution in [-0.4, -0.2) is 65.7 Å². The molecule has 0 amide bonds. The van der Waals surface area contributed by atoms with E-state index in [2.05, 4.69) is 15.3 Å². The molecule has 8 nitrogen and oxygen atoms in total. The zero-order chi connectivity index (χ0) is 26.4. The summed E-state index contributed by atoms with van der Waals surface area (Å²) >= 11 is 6.41. The first-order valence-electron chi connectivity index (χ1n) is 9.99. The van der Waals surface area contributed by atoms with Crippen LogP contribution in [0.2, 0.25) is 5.02 Å². The molecule has 194 valence electrons. The summed E-state index contributed by atoms with van der Waals surface area (Å²) in [7, 11) is 0. The lowest BCUT2D eigenvalue weighted by atomic mass is 9.97. The lowest BCUT2D eigenvalue weighted by Gasteiger charge is -2.41. The summed E-state index contributed by atoms with van der Waals surface area (Å²) in [5.41, 5.74) is -2.85. The number of benzene rings is 1. The van der Waals surface area contributed by atoms with Crippen LogP contribution in [0.1, 0.15) is 11.7 Å². The lowest BCUT2D eigenvalue weighted by molar-refractivity contribution is -0.178. The van der Waals surface area contributed by atoms with Crippen molar-refractivity contribution in [2.75, 3.05) is 6.61 Å². The van der Waals surface area contributed by atoms with Crippen LogP contribution in [0.4, 0.5) is 26.3 Å². The average molecular weight is 557 g/mol. The molecule has 1 aliphatic rings. The van der Waals surface area contributed by atoms with Crippen LogP contribution in [0.5, 0.6) is 0 Å². The molecule has 5 atom stereocenters. The molecule has 16 heteroatoms. The molecule has 1 fully saturated rings. The molecule has 3 N–H and O–H groups in total. The summed E-state index contributed by atoms with van der Waals surface area (Å²) in [4.78, 5) is 3.38. The first-order valence-corrected chi connectivity index (χ1v) is 11.2. The summed E-state index contributed by atoms with van der Waals surface area (Å²) in [6.45, 7) is -0.705. The number of aliphatic hydroxyl groups is 3. The third-order valence-corrected chi connectivity index (χ3v) is 6.69. The zero-order valence-electron chi connectivity index (χ0n) is 17.6. The van der Waals surface area contributed by atoms with E-state index in [0.29, 0.717) is 12.1 Å². The maximum atomic E-state index is 13.6. The standard InChI is InChI=1S/C20H15ClF6N4O4S/c21-9-3-8(4-28-18(9)20(25,26)27)36-19-17(34)15(16(33)13(6-32)35-19)31-5-12(29-30-31)7-1-10(22)14(24)11(23)2-7/h1-5,13,15-17,19,32-34H,6H2/t13?,15?,16-,17?,19+/m0/s1. The highest BCUT2D eigenvalue weighted by Crippen LogP contribution is 2.40. The molecule has 3 aromatic rings. The van der Waals surface area contributed by atoms with E-state index in [4.69, 9.17) is 16.3 Å². The van der Waals surface area contributed by atoms with Gasteiger partial charge in [-0.3, -0.25) is 0 Å². The van der Waals surface area contributed by atoms with E-state index in [0.717, 1.165) is 34.9 Å². The molecule has 0 aliphatic carbocycles. The average Bonchev–Trinajstić information content (AvgIpc) is 3.28. The minimum absolute atomic E-state index is 0.0837. The molecule has 36 heavy (non-hydrogen) atoms. The number of thioether (sulfide) groups is 1. The van der Waals surface area contributed by atoms with Crippen molar-refractivity contribution < 1.29 is 46.4 Å². The van der Waals surface area contributed by atoms with Crippen molar-refractivity contribution >= 4 is 23.4 Å². The van der Waals surface area contributed by atoms with Gasteiger partial charge in [0.15, 0.2) is 23.1 Å². The fourth-order valence-corrected chi connectivity index (χ4v) is 4.97. The number of alkyl halides is 3. The van der Waals surface area contributed by atoms with Gasteiger partial charge in [-0.25, -0.2) is 22.8 Å². The molecule has 3 unspecified atom stereocenters. The van der Waals surface area contributed by atoms with Gasteiger partial charge in [-0.15, -0.1) is 5.10 Å². The number of hydrogen-bond donors (Lipinski definition) is 3. The van der Waals surface area contributed by atoms with E-state index in [-0.39, 0.29) is 16.2 Å². The fraction of sp³-hybridized carbons (Fsp3) is 0.350. The second kappa shape index (κ2) is 10.1. The van der Waals surface area contributed by atoms with Gasteiger partial charge in [-0.05, 0) is 18.2 Å². The minimum atomic E-state index is -4.78. The molecular weight excluding hydrogens is 542 g/mol. The lowest BCUT2D eigenvalue weighted by Crippen LogP contribution is -2.55. The van der Waals surface area contributed by atoms with Crippen LogP contribution in [0.3, 0.4) is 0 Å². The van der Waals surface area contributed by atoms with Gasteiger partial charge in [-0.2, -0.15) is 13.2 Å². The number of halogens is 7. The molecule has 2 aromatic heterocycles. The Morgan fingerprint density at radius 1 is 1.08 bits per heavy atom. The molecular formula is C20H15ClF6N4O4S. The topological polar surface area (TPSA) is 114 Å². The number of pyridine rings is 1. The third-order valence-electron chi connectivity index (χ3n) is 5.28. The number of aliphatic hydroxyl groups excluding tert-OH is 3. The molecule has 0 radical (unpaired) electrons. The first-order chi connectivity index (χ1) is 16.9. The van der Waals surface area contributed by atoms with Crippen LogP contribution >= 0.6 is 23.4 Å². The second-order valence-electron chi connectivity index (χ2n) is 7.65. The molecule has 3 heterocycles. The number of rotatable bonds is 5. The van der Waals surface area contributed by atoms with Crippen molar-refractivity contribution in [3.05, 3.63) is 58.8 Å². The van der Waals surface area contributed by atoms with E-state index >= 15 is 0 Å². The Bertz CT molecular complexity index is 1240. The highest BCUT2D eigenvalue weighted by Gasteiger charge is 2.46. The maximum absolute atomic E-state index is 13.6. The van der Waals surface area contributed by atoms with E-state index in [1.54, 1.807) is 0 Å². The number of hydrogen-bond acceptors (Lipinski definition) is 8. The second-order valence-corrected chi connectivity index (χ2v) is 9.23. The summed E-state index contributed by atoms with van der Waals surface area (Å²) < 4.78 is 85.7. The number of nitrogens with zero attached hydrogens (tertiary/aromatic N) is 4. The minimum Gasteiger partial charge on any atom is -0.394 e. The molecule has 1 aromatic carbocycles. The molecule has 1 saturated heterocycles. The predicted molar refractivity (Wildman–Crippen MR) is 112 cm³/mol. The van der Waals surface area contributed by atoms with Gasteiger partial charge >= 0.3 is 6.18 Å². The van der Waals surface area contributed by atoms with Gasteiger partial charge in [-0.1, -0.05) is 28.6 Å². The Morgan fingerprint density at radius 3 is 2.33 bits per heavy atom. The molecule has 0 bridgehead atoms. The van der Waals surface area contributed by atoms with Gasteiger partial charge in [0.25, 0.3) is 0 Å². The van der Waals surface area contributed by atoms with Crippen molar-refractivity contribution in [1.29, 1.82) is 0 Å². The van der Waals surface area contributed by atoms with Crippen molar-refractivity contribution in [3.63, 3.8) is 0 Å². The van der Waals surface area contributed by atoms with Gasteiger partial charge < -0.3 is 20.1 Å². The zero-order valence-corrected chi connectivity index (χ0v) is 19.1. The van der Waals surface area contributed by atoms with Crippen LogP contribution in [0.25, 0.3) is 11.3 Å². The van der Waals surface area contributed by atoms with Gasteiger partial charge in [0.1, 0.15) is 35.5 Å². The number of ether oxygens (including phenoxy) is 1. The maximum Gasteiger partial charge on any atom is 0.434 e. The normalized spacial score (nSPS) is 24.8. The largest absolute Gasteiger partial charge is 0.434 e. The Balaban J connectivity index is 1.62. The smallest absolute Gasteiger partial charge is 0.394 e. The molecule has 4 rings (SSSR count). The fourth-order valence-electron chi connectivity index (χ4n) is 3.56. The first kappa shape index (κ1) is 26.6. The molecule has 0 spiro atoms. The van der Waals surface area contributed by atoms with Crippen molar-refractivity contribution in [3.8, 4) is 11.3 Å². The Kier molecular flexibility index (Phi) is 7.50. The van der Waals surface area contributed by atoms with E-state index in [9.17, 15) is 41.7 Å². The summed E-state index contributed by atoms with van der Waals surface area (Å²) in [6.07, 6.45) is -7.17. The number of aromatic nitrogens is 4. The summed E-state index contributed by atoms with van der Waals surface area (Å²) in [5, 5.41) is 38.0. The van der Waals surface area contributed by atoms with Crippen LogP contribution < -0.4 is 0 Å². The Hall–Kier alpha value is -2.43. The van der Waals surface area contributed by atoms with E-state index < -0.39 is 70.7 Å². The molecule has 0 saturated carbocycles. The van der Waals surface area contributed by atoms with Gasteiger partial charge in [0.2, 0.25) is 0 Å². The van der Waals surface area contributed by atoms with Crippen LogP contribution in [0, 0.1) is 17.5 Å². The van der Waals surface area contributed by atoms with Crippen LogP contribution in [-0.2, 0) is 10.9 Å². The summed E-state index contributed by atoms with van der Waals surface area (Å²) in [5.74, 6) is -4.61. The van der Waals surface area contributed by atoms with E-state index in [1.165, 1.54) is 0 Å². The predicted octanol–water partition coefficient (Wildman–Crippen LogP) is 3.20. The quantitative estimate of drug-likeness (QED) is 0.324. The molecule has 1 aliphatic heterocycles. The third kappa shape index (κ3) is 5.17. The van der Waals surface area contributed by atoms with Crippen molar-refractivity contribution in [2.24, 2.45) is 0 Å². The highest BCUT2D eigenvalue weighted by atomic mass is 35.5. The monoisotopic (exact) mass is 556 g/mol. The van der Waals surface area contributed by atoms with E-state index in [1.807, 2.05) is 0 Å². The van der Waals surface area contributed by atoms with Crippen molar-refractivity contribution in [2.45, 2.75) is 40.9 Å². The van der Waals surface area contributed by atoms with Gasteiger partial charge in [0, 0.05) is 16.7 Å². The van der Waals surface area contributed by atoms with Gasteiger partial charge in [0.05, 0.1) is 17.8 Å². The Labute approximate surface area is 207 Å². The SMILES string of the molecule is OCC1O[C@H](Sc2cnc(C(F)(F)F)c(Cl)c2)C(O)C(n2cc(-c3cc(F)c(F)c(F)c3)nn2)[C@H]1O. The summed E-state index contributed by atoms with van der Waals surface area (Å²) in [6, 6.07) is 1.01.